The summed E-state index contributed by atoms with van der Waals surface area (Å²) in [5.74, 6) is -0.382. The van der Waals surface area contributed by atoms with E-state index in [1.54, 1.807) is 34.8 Å². The molecule has 2 aromatic heterocycles. The minimum Gasteiger partial charge on any atom is -0.344 e. The van der Waals surface area contributed by atoms with Crippen LogP contribution in [-0.2, 0) is 11.2 Å². The normalized spacial score (nSPS) is 12.0. The van der Waals surface area contributed by atoms with Gasteiger partial charge in [-0.1, -0.05) is 48.0 Å². The van der Waals surface area contributed by atoms with Crippen LogP contribution in [0.3, 0.4) is 0 Å². The summed E-state index contributed by atoms with van der Waals surface area (Å²) in [4.78, 5) is 19.6. The van der Waals surface area contributed by atoms with Gasteiger partial charge in [-0.2, -0.15) is 0 Å². The van der Waals surface area contributed by atoms with Gasteiger partial charge in [-0.05, 0) is 43.0 Å². The minimum atomic E-state index is -0.310. The van der Waals surface area contributed by atoms with E-state index in [1.807, 2.05) is 43.5 Å². The van der Waals surface area contributed by atoms with Gasteiger partial charge in [-0.3, -0.25) is 4.79 Å². The molecular formula is C24H21FN2OS2. The van der Waals surface area contributed by atoms with E-state index in [-0.39, 0.29) is 24.2 Å². The summed E-state index contributed by atoms with van der Waals surface area (Å²) in [6.07, 6.45) is 0.248. The molecule has 0 aliphatic carbocycles. The molecule has 2 aromatic carbocycles. The van der Waals surface area contributed by atoms with Gasteiger partial charge < -0.3 is 5.32 Å². The third-order valence-electron chi connectivity index (χ3n) is 4.79. The number of hydrogen-bond acceptors (Lipinski definition) is 4. The predicted octanol–water partition coefficient (Wildman–Crippen LogP) is 6.08. The molecule has 4 aromatic rings. The first-order valence-electron chi connectivity index (χ1n) is 9.61. The summed E-state index contributed by atoms with van der Waals surface area (Å²) in [6, 6.07) is 18.1. The van der Waals surface area contributed by atoms with Crippen LogP contribution in [0.5, 0.6) is 0 Å². The molecule has 1 N–H and O–H groups in total. The Labute approximate surface area is 183 Å². The van der Waals surface area contributed by atoms with Crippen molar-refractivity contribution < 1.29 is 9.18 Å². The second-order valence-electron chi connectivity index (χ2n) is 7.11. The molecule has 0 aliphatic rings. The van der Waals surface area contributed by atoms with Gasteiger partial charge in [0.1, 0.15) is 5.82 Å². The second kappa shape index (κ2) is 8.90. The van der Waals surface area contributed by atoms with Crippen molar-refractivity contribution in [2.75, 3.05) is 0 Å². The summed E-state index contributed by atoms with van der Waals surface area (Å²) >= 11 is 3.11. The van der Waals surface area contributed by atoms with Crippen molar-refractivity contribution in [3.63, 3.8) is 0 Å². The first kappa shape index (κ1) is 20.4. The number of halogens is 1. The van der Waals surface area contributed by atoms with E-state index < -0.39 is 0 Å². The maximum Gasteiger partial charge on any atom is 0.226 e. The molecular weight excluding hydrogens is 415 g/mol. The molecule has 0 bridgehead atoms. The molecule has 6 heteroatoms. The Hall–Kier alpha value is -2.83. The Bertz CT molecular complexity index is 1130. The van der Waals surface area contributed by atoms with Crippen LogP contribution in [0.1, 0.15) is 31.9 Å². The lowest BCUT2D eigenvalue weighted by Gasteiger charge is -2.18. The number of carbonyl (C=O) groups is 1. The van der Waals surface area contributed by atoms with Crippen LogP contribution in [-0.4, -0.2) is 10.9 Å². The van der Waals surface area contributed by atoms with Crippen LogP contribution in [0.2, 0.25) is 0 Å². The van der Waals surface area contributed by atoms with Gasteiger partial charge in [0.15, 0.2) is 0 Å². The zero-order valence-electron chi connectivity index (χ0n) is 16.7. The van der Waals surface area contributed by atoms with Crippen molar-refractivity contribution in [2.45, 2.75) is 26.3 Å². The van der Waals surface area contributed by atoms with Gasteiger partial charge in [0.05, 0.1) is 23.2 Å². The molecule has 30 heavy (non-hydrogen) atoms. The van der Waals surface area contributed by atoms with Crippen molar-refractivity contribution in [2.24, 2.45) is 0 Å². The Morgan fingerprint density at radius 2 is 1.80 bits per heavy atom. The molecule has 0 spiro atoms. The quantitative estimate of drug-likeness (QED) is 0.398. The van der Waals surface area contributed by atoms with Crippen molar-refractivity contribution in [1.82, 2.24) is 10.3 Å². The summed E-state index contributed by atoms with van der Waals surface area (Å²) in [5, 5.41) is 6.03. The molecule has 152 valence electrons. The highest BCUT2D eigenvalue weighted by Crippen LogP contribution is 2.30. The summed E-state index contributed by atoms with van der Waals surface area (Å²) in [5.41, 5.74) is 3.91. The van der Waals surface area contributed by atoms with E-state index in [9.17, 15) is 9.18 Å². The number of hydrogen-bond donors (Lipinski definition) is 1. The predicted molar refractivity (Wildman–Crippen MR) is 121 cm³/mol. The molecule has 0 saturated heterocycles. The number of amides is 1. The molecule has 1 amide bonds. The van der Waals surface area contributed by atoms with Crippen molar-refractivity contribution in [1.29, 1.82) is 0 Å². The topological polar surface area (TPSA) is 42.0 Å². The Kier molecular flexibility index (Phi) is 6.06. The van der Waals surface area contributed by atoms with Crippen molar-refractivity contribution in [3.05, 3.63) is 97.7 Å². The Morgan fingerprint density at radius 3 is 2.47 bits per heavy atom. The average molecular weight is 437 g/mol. The SMILES string of the molecule is Cc1ccc(-c2nc(C)sc2CC(=O)NC(c2ccc(F)cc2)c2cccs2)cc1. The van der Waals surface area contributed by atoms with Crippen molar-refractivity contribution >= 4 is 28.6 Å². The summed E-state index contributed by atoms with van der Waals surface area (Å²) in [6.45, 7) is 4.00. The minimum absolute atomic E-state index is 0.0882. The lowest BCUT2D eigenvalue weighted by atomic mass is 10.0. The van der Waals surface area contributed by atoms with Gasteiger partial charge in [0.25, 0.3) is 0 Å². The highest BCUT2D eigenvalue weighted by molar-refractivity contribution is 7.12. The summed E-state index contributed by atoms with van der Waals surface area (Å²) < 4.78 is 13.4. The van der Waals surface area contributed by atoms with Crippen LogP contribution in [0.25, 0.3) is 11.3 Å². The number of rotatable bonds is 6. The van der Waals surface area contributed by atoms with Gasteiger partial charge in [0.2, 0.25) is 5.91 Å². The van der Waals surface area contributed by atoms with Crippen molar-refractivity contribution in [3.8, 4) is 11.3 Å². The number of thiazole rings is 1. The fourth-order valence-electron chi connectivity index (χ4n) is 3.31. The molecule has 3 nitrogen and oxygen atoms in total. The third-order valence-corrected chi connectivity index (χ3v) is 6.69. The fourth-order valence-corrected chi connectivity index (χ4v) is 5.07. The first-order valence-corrected chi connectivity index (χ1v) is 11.3. The molecule has 0 aliphatic heterocycles. The average Bonchev–Trinajstić information content (AvgIpc) is 3.37. The van der Waals surface area contributed by atoms with E-state index >= 15 is 0 Å². The number of thiophene rings is 1. The van der Waals surface area contributed by atoms with Gasteiger partial charge in [0, 0.05) is 15.3 Å². The smallest absolute Gasteiger partial charge is 0.226 e. The summed E-state index contributed by atoms with van der Waals surface area (Å²) in [7, 11) is 0. The molecule has 2 heterocycles. The molecule has 1 unspecified atom stereocenters. The maximum absolute atomic E-state index is 13.4. The van der Waals surface area contributed by atoms with E-state index in [4.69, 9.17) is 0 Å². The Morgan fingerprint density at radius 1 is 1.07 bits per heavy atom. The first-order chi connectivity index (χ1) is 14.5. The van der Waals surface area contributed by atoms with Crippen LogP contribution >= 0.6 is 22.7 Å². The number of aromatic nitrogens is 1. The fraction of sp³-hybridized carbons (Fsp3) is 0.167. The van der Waals surface area contributed by atoms with E-state index in [0.717, 1.165) is 31.6 Å². The van der Waals surface area contributed by atoms with Crippen LogP contribution in [0.4, 0.5) is 4.39 Å². The molecule has 0 saturated carbocycles. The largest absolute Gasteiger partial charge is 0.344 e. The Balaban J connectivity index is 1.57. The number of nitrogens with zero attached hydrogens (tertiary/aromatic N) is 1. The maximum atomic E-state index is 13.4. The van der Waals surface area contributed by atoms with Gasteiger partial charge in [-0.25, -0.2) is 9.37 Å². The molecule has 1 atom stereocenters. The zero-order chi connectivity index (χ0) is 21.1. The van der Waals surface area contributed by atoms with Crippen LogP contribution in [0, 0.1) is 19.7 Å². The van der Waals surface area contributed by atoms with Gasteiger partial charge in [-0.15, -0.1) is 22.7 Å². The molecule has 0 radical (unpaired) electrons. The van der Waals surface area contributed by atoms with E-state index in [1.165, 1.54) is 17.7 Å². The molecule has 4 rings (SSSR count). The number of carbonyl (C=O) groups excluding carboxylic acids is 1. The lowest BCUT2D eigenvalue weighted by Crippen LogP contribution is -2.30. The van der Waals surface area contributed by atoms with Gasteiger partial charge >= 0.3 is 0 Å². The zero-order valence-corrected chi connectivity index (χ0v) is 18.3. The standard InChI is InChI=1S/C24H21FN2OS2/c1-15-5-7-17(8-6-15)24-21(30-16(2)26-24)14-22(28)27-23(20-4-3-13-29-20)18-9-11-19(25)12-10-18/h3-13,23H,14H2,1-2H3,(H,27,28). The van der Waals surface area contributed by atoms with Crippen LogP contribution < -0.4 is 5.32 Å². The highest BCUT2D eigenvalue weighted by atomic mass is 32.1. The monoisotopic (exact) mass is 436 g/mol. The van der Waals surface area contributed by atoms with Crippen LogP contribution in [0.15, 0.2) is 66.0 Å². The highest BCUT2D eigenvalue weighted by Gasteiger charge is 2.20. The van der Waals surface area contributed by atoms with E-state index in [0.29, 0.717) is 0 Å². The number of nitrogens with one attached hydrogen (secondary N) is 1. The van der Waals surface area contributed by atoms with E-state index in [2.05, 4.69) is 22.4 Å². The second-order valence-corrected chi connectivity index (χ2v) is 9.38. The number of benzene rings is 2. The third kappa shape index (κ3) is 4.66. The number of aryl methyl sites for hydroxylation is 2. The molecule has 0 fully saturated rings. The lowest BCUT2D eigenvalue weighted by molar-refractivity contribution is -0.120.